The van der Waals surface area contributed by atoms with E-state index in [0.717, 1.165) is 0 Å². The highest BCUT2D eigenvalue weighted by Crippen LogP contribution is 2.27. The number of allylic oxidation sites excluding steroid dienone is 2. The standard InChI is InChI=1S/C8H12F2/c1-2-6-7(9)4-3-5-8(6)10/h3-4,6-8H,2,5H2,1H3. The first kappa shape index (κ1) is 7.70. The Morgan fingerprint density at radius 3 is 2.60 bits per heavy atom. The van der Waals surface area contributed by atoms with Gasteiger partial charge in [0.05, 0.1) is 0 Å². The quantitative estimate of drug-likeness (QED) is 0.499. The van der Waals surface area contributed by atoms with Gasteiger partial charge in [-0.05, 0) is 12.8 Å². The van der Waals surface area contributed by atoms with E-state index >= 15 is 0 Å². The van der Waals surface area contributed by atoms with Crippen molar-refractivity contribution in [3.63, 3.8) is 0 Å². The predicted octanol–water partition coefficient (Wildman–Crippen LogP) is 2.65. The highest BCUT2D eigenvalue weighted by molar-refractivity contribution is 5.01. The molecule has 0 bridgehead atoms. The van der Waals surface area contributed by atoms with Crippen LogP contribution in [0.4, 0.5) is 8.78 Å². The zero-order valence-electron chi connectivity index (χ0n) is 6.06. The third kappa shape index (κ3) is 1.36. The van der Waals surface area contributed by atoms with E-state index in [4.69, 9.17) is 0 Å². The topological polar surface area (TPSA) is 0 Å². The van der Waals surface area contributed by atoms with Crippen molar-refractivity contribution < 1.29 is 8.78 Å². The summed E-state index contributed by atoms with van der Waals surface area (Å²) in [6.45, 7) is 1.82. The lowest BCUT2D eigenvalue weighted by atomic mass is 9.89. The first-order valence-electron chi connectivity index (χ1n) is 3.70. The summed E-state index contributed by atoms with van der Waals surface area (Å²) in [7, 11) is 0. The fraction of sp³-hybridized carbons (Fsp3) is 0.750. The maximum Gasteiger partial charge on any atom is 0.124 e. The molecule has 0 aliphatic heterocycles. The van der Waals surface area contributed by atoms with Crippen molar-refractivity contribution in [2.75, 3.05) is 0 Å². The molecule has 0 radical (unpaired) electrons. The fourth-order valence-electron chi connectivity index (χ4n) is 1.34. The van der Waals surface area contributed by atoms with Crippen LogP contribution in [0.15, 0.2) is 12.2 Å². The van der Waals surface area contributed by atoms with Crippen LogP contribution in [0.3, 0.4) is 0 Å². The Labute approximate surface area is 59.9 Å². The van der Waals surface area contributed by atoms with Crippen LogP contribution in [0.1, 0.15) is 19.8 Å². The van der Waals surface area contributed by atoms with Gasteiger partial charge in [0.15, 0.2) is 0 Å². The van der Waals surface area contributed by atoms with Crippen molar-refractivity contribution in [1.29, 1.82) is 0 Å². The van der Waals surface area contributed by atoms with Crippen molar-refractivity contribution in [2.45, 2.75) is 32.1 Å². The molecule has 1 aliphatic carbocycles. The molecule has 0 aromatic carbocycles. The predicted molar refractivity (Wildman–Crippen MR) is 37.3 cm³/mol. The third-order valence-corrected chi connectivity index (χ3v) is 2.03. The van der Waals surface area contributed by atoms with Crippen molar-refractivity contribution in [2.24, 2.45) is 5.92 Å². The summed E-state index contributed by atoms with van der Waals surface area (Å²) < 4.78 is 25.6. The summed E-state index contributed by atoms with van der Waals surface area (Å²) in [4.78, 5) is 0. The Hall–Kier alpha value is -0.400. The van der Waals surface area contributed by atoms with Gasteiger partial charge in [-0.2, -0.15) is 0 Å². The van der Waals surface area contributed by atoms with Crippen molar-refractivity contribution >= 4 is 0 Å². The maximum absolute atomic E-state index is 12.8. The zero-order valence-corrected chi connectivity index (χ0v) is 6.06. The second kappa shape index (κ2) is 3.13. The first-order chi connectivity index (χ1) is 4.75. The van der Waals surface area contributed by atoms with Crippen LogP contribution in [0.2, 0.25) is 0 Å². The lowest BCUT2D eigenvalue weighted by molar-refractivity contribution is 0.140. The second-order valence-electron chi connectivity index (χ2n) is 2.70. The Bertz CT molecular complexity index is 131. The van der Waals surface area contributed by atoms with Gasteiger partial charge >= 0.3 is 0 Å². The van der Waals surface area contributed by atoms with Crippen LogP contribution in [-0.4, -0.2) is 12.3 Å². The molecule has 0 saturated heterocycles. The second-order valence-corrected chi connectivity index (χ2v) is 2.70. The number of hydrogen-bond acceptors (Lipinski definition) is 0. The average Bonchev–Trinajstić information content (AvgIpc) is 1.88. The van der Waals surface area contributed by atoms with Crippen molar-refractivity contribution in [3.05, 3.63) is 12.2 Å². The minimum atomic E-state index is -1.06. The van der Waals surface area contributed by atoms with Gasteiger partial charge in [0.1, 0.15) is 12.3 Å². The summed E-state index contributed by atoms with van der Waals surface area (Å²) in [6, 6.07) is 0. The first-order valence-corrected chi connectivity index (χ1v) is 3.70. The lowest BCUT2D eigenvalue weighted by Crippen LogP contribution is -2.26. The zero-order chi connectivity index (χ0) is 7.56. The normalized spacial score (nSPS) is 40.1. The van der Waals surface area contributed by atoms with E-state index in [1.165, 1.54) is 6.08 Å². The minimum absolute atomic E-state index is 0.388. The summed E-state index contributed by atoms with van der Waals surface area (Å²) in [5, 5.41) is 0. The fourth-order valence-corrected chi connectivity index (χ4v) is 1.34. The molecular weight excluding hydrogens is 134 g/mol. The molecule has 3 atom stereocenters. The molecule has 1 rings (SSSR count). The molecule has 0 aromatic heterocycles. The van der Waals surface area contributed by atoms with Crippen LogP contribution in [0.25, 0.3) is 0 Å². The molecule has 3 unspecified atom stereocenters. The molecule has 0 heterocycles. The maximum atomic E-state index is 12.8. The van der Waals surface area contributed by atoms with Crippen LogP contribution < -0.4 is 0 Å². The van der Waals surface area contributed by atoms with Crippen molar-refractivity contribution in [3.8, 4) is 0 Å². The van der Waals surface area contributed by atoms with Crippen molar-refractivity contribution in [1.82, 2.24) is 0 Å². The third-order valence-electron chi connectivity index (χ3n) is 2.03. The summed E-state index contributed by atoms with van der Waals surface area (Å²) >= 11 is 0. The number of alkyl halides is 2. The van der Waals surface area contributed by atoms with E-state index in [9.17, 15) is 8.78 Å². The van der Waals surface area contributed by atoms with E-state index in [0.29, 0.717) is 12.8 Å². The minimum Gasteiger partial charge on any atom is -0.247 e. The summed E-state index contributed by atoms with van der Waals surface area (Å²) in [5.74, 6) is -0.398. The smallest absolute Gasteiger partial charge is 0.124 e. The molecule has 0 nitrogen and oxygen atoms in total. The van der Waals surface area contributed by atoms with Crippen LogP contribution in [-0.2, 0) is 0 Å². The van der Waals surface area contributed by atoms with Gasteiger partial charge in [-0.25, -0.2) is 8.78 Å². The highest BCUT2D eigenvalue weighted by atomic mass is 19.1. The molecule has 0 aromatic rings. The molecule has 58 valence electrons. The molecular formula is C8H12F2. The van der Waals surface area contributed by atoms with E-state index in [2.05, 4.69) is 0 Å². The van der Waals surface area contributed by atoms with Gasteiger partial charge in [0.2, 0.25) is 0 Å². The Balaban J connectivity index is 2.58. The molecule has 0 fully saturated rings. The van der Waals surface area contributed by atoms with Gasteiger partial charge in [-0.15, -0.1) is 0 Å². The number of halogens is 2. The van der Waals surface area contributed by atoms with Crippen LogP contribution in [0.5, 0.6) is 0 Å². The largest absolute Gasteiger partial charge is 0.247 e. The Morgan fingerprint density at radius 1 is 1.50 bits per heavy atom. The van der Waals surface area contributed by atoms with Crippen LogP contribution >= 0.6 is 0 Å². The van der Waals surface area contributed by atoms with Gasteiger partial charge in [0.25, 0.3) is 0 Å². The Morgan fingerprint density at radius 2 is 2.20 bits per heavy atom. The number of hydrogen-bond donors (Lipinski definition) is 0. The van der Waals surface area contributed by atoms with E-state index < -0.39 is 18.3 Å². The lowest BCUT2D eigenvalue weighted by Gasteiger charge is -2.23. The molecule has 10 heavy (non-hydrogen) atoms. The van der Waals surface area contributed by atoms with Gasteiger partial charge in [-0.3, -0.25) is 0 Å². The van der Waals surface area contributed by atoms with Gasteiger partial charge in [0, 0.05) is 5.92 Å². The molecule has 2 heteroatoms. The molecule has 0 amide bonds. The highest BCUT2D eigenvalue weighted by Gasteiger charge is 2.28. The van der Waals surface area contributed by atoms with E-state index in [1.54, 1.807) is 6.08 Å². The summed E-state index contributed by atoms with van der Waals surface area (Å²) in [5.41, 5.74) is 0. The van der Waals surface area contributed by atoms with E-state index in [-0.39, 0.29) is 0 Å². The van der Waals surface area contributed by atoms with Gasteiger partial charge < -0.3 is 0 Å². The van der Waals surface area contributed by atoms with Gasteiger partial charge in [-0.1, -0.05) is 19.1 Å². The van der Waals surface area contributed by atoms with Crippen LogP contribution in [0, 0.1) is 5.92 Å². The van der Waals surface area contributed by atoms with E-state index in [1.807, 2.05) is 6.92 Å². The molecule has 0 N–H and O–H groups in total. The molecule has 0 saturated carbocycles. The molecule has 1 aliphatic rings. The molecule has 0 spiro atoms. The summed E-state index contributed by atoms with van der Waals surface area (Å²) in [6.07, 6.45) is 2.00. The Kier molecular flexibility index (Phi) is 2.41. The SMILES string of the molecule is CCC1C(F)C=CCC1F. The monoisotopic (exact) mass is 146 g/mol. The number of rotatable bonds is 1. The average molecular weight is 146 g/mol.